The molecule has 1 N–H and O–H groups in total. The number of rotatable bonds is 3. The van der Waals surface area contributed by atoms with Crippen LogP contribution in [-0.2, 0) is 0 Å². The van der Waals surface area contributed by atoms with Crippen LogP contribution < -0.4 is 4.74 Å². The molecule has 7 heteroatoms. The van der Waals surface area contributed by atoms with Gasteiger partial charge >= 0.3 is 0 Å². The number of nitrogens with one attached hydrogen (secondary N) is 1. The van der Waals surface area contributed by atoms with Gasteiger partial charge in [0.1, 0.15) is 11.5 Å². The molecule has 0 fully saturated rings. The third-order valence-corrected chi connectivity index (χ3v) is 3.32. The van der Waals surface area contributed by atoms with Gasteiger partial charge in [-0.15, -0.1) is 10.2 Å². The van der Waals surface area contributed by atoms with Crippen LogP contribution >= 0.6 is 23.2 Å². The average molecular weight is 307 g/mol. The van der Waals surface area contributed by atoms with Gasteiger partial charge in [-0.1, -0.05) is 23.2 Å². The van der Waals surface area contributed by atoms with Crippen LogP contribution in [0.5, 0.6) is 11.5 Å². The van der Waals surface area contributed by atoms with E-state index >= 15 is 0 Å². The van der Waals surface area contributed by atoms with Crippen molar-refractivity contribution in [2.24, 2.45) is 0 Å². The summed E-state index contributed by atoms with van der Waals surface area (Å²) in [5.74, 6) is 1.83. The number of nitrogens with zero attached hydrogens (tertiary/aromatic N) is 3. The molecule has 0 saturated heterocycles. The minimum absolute atomic E-state index is 0.451. The Kier molecular flexibility index (Phi) is 3.54. The zero-order chi connectivity index (χ0) is 13.9. The van der Waals surface area contributed by atoms with Gasteiger partial charge in [0, 0.05) is 11.6 Å². The molecule has 0 atom stereocenters. The summed E-state index contributed by atoms with van der Waals surface area (Å²) in [5, 5.41) is 14.7. The smallest absolute Gasteiger partial charge is 0.204 e. The van der Waals surface area contributed by atoms with Crippen molar-refractivity contribution in [2.75, 3.05) is 0 Å². The molecule has 0 aliphatic carbocycles. The fourth-order valence-corrected chi connectivity index (χ4v) is 1.92. The van der Waals surface area contributed by atoms with Crippen LogP contribution in [0, 0.1) is 0 Å². The minimum atomic E-state index is 0.451. The second-order valence-corrected chi connectivity index (χ2v) is 4.75. The maximum absolute atomic E-state index is 5.93. The van der Waals surface area contributed by atoms with Crippen molar-refractivity contribution in [3.63, 3.8) is 0 Å². The second-order valence-electron chi connectivity index (χ2n) is 3.94. The molecule has 0 aliphatic heterocycles. The molecule has 0 unspecified atom stereocenters. The normalized spacial score (nSPS) is 10.5. The fraction of sp³-hybridized carbons (Fsp3) is 0. The highest BCUT2D eigenvalue weighted by molar-refractivity contribution is 6.42. The topological polar surface area (TPSA) is 63.7 Å². The first kappa shape index (κ1) is 12.9. The van der Waals surface area contributed by atoms with Crippen molar-refractivity contribution in [1.29, 1.82) is 0 Å². The van der Waals surface area contributed by atoms with Crippen LogP contribution in [0.1, 0.15) is 0 Å². The summed E-state index contributed by atoms with van der Waals surface area (Å²) in [6, 6.07) is 12.4. The van der Waals surface area contributed by atoms with E-state index in [1.807, 2.05) is 24.3 Å². The van der Waals surface area contributed by atoms with Gasteiger partial charge in [-0.3, -0.25) is 0 Å². The molecule has 100 valence electrons. The molecule has 20 heavy (non-hydrogen) atoms. The summed E-state index contributed by atoms with van der Waals surface area (Å²) in [7, 11) is 0. The third-order valence-electron chi connectivity index (χ3n) is 2.58. The number of halogens is 2. The van der Waals surface area contributed by atoms with Crippen LogP contribution in [0.4, 0.5) is 0 Å². The zero-order valence-electron chi connectivity index (χ0n) is 10.0. The van der Waals surface area contributed by atoms with Crippen molar-refractivity contribution in [2.45, 2.75) is 0 Å². The summed E-state index contributed by atoms with van der Waals surface area (Å²) < 4.78 is 5.68. The van der Waals surface area contributed by atoms with Crippen LogP contribution in [0.25, 0.3) is 11.4 Å². The lowest BCUT2D eigenvalue weighted by molar-refractivity contribution is 0.483. The van der Waals surface area contributed by atoms with E-state index in [4.69, 9.17) is 27.9 Å². The van der Waals surface area contributed by atoms with Crippen molar-refractivity contribution in [1.82, 2.24) is 20.6 Å². The van der Waals surface area contributed by atoms with Crippen LogP contribution in [0.2, 0.25) is 10.0 Å². The SMILES string of the molecule is Clc1ccc(Oc2ccc(-c3nn[nH]n3)cc2)cc1Cl. The van der Waals surface area contributed by atoms with E-state index in [0.29, 0.717) is 27.4 Å². The van der Waals surface area contributed by atoms with Crippen molar-refractivity contribution in [3.8, 4) is 22.9 Å². The Morgan fingerprint density at radius 3 is 2.30 bits per heavy atom. The van der Waals surface area contributed by atoms with Gasteiger partial charge in [-0.25, -0.2) is 0 Å². The number of benzene rings is 2. The average Bonchev–Trinajstić information content (AvgIpc) is 2.98. The van der Waals surface area contributed by atoms with Crippen LogP contribution in [0.3, 0.4) is 0 Å². The Morgan fingerprint density at radius 2 is 1.65 bits per heavy atom. The summed E-state index contributed by atoms with van der Waals surface area (Å²) in [6.45, 7) is 0. The highest BCUT2D eigenvalue weighted by atomic mass is 35.5. The molecule has 5 nitrogen and oxygen atoms in total. The lowest BCUT2D eigenvalue weighted by atomic mass is 10.2. The van der Waals surface area contributed by atoms with Crippen LogP contribution in [0.15, 0.2) is 42.5 Å². The van der Waals surface area contributed by atoms with E-state index < -0.39 is 0 Å². The third kappa shape index (κ3) is 2.74. The highest BCUT2D eigenvalue weighted by Gasteiger charge is 2.04. The maximum atomic E-state index is 5.93. The first-order chi connectivity index (χ1) is 9.72. The molecule has 0 saturated carbocycles. The van der Waals surface area contributed by atoms with Crippen molar-refractivity contribution >= 4 is 23.2 Å². The summed E-state index contributed by atoms with van der Waals surface area (Å²) >= 11 is 11.8. The molecule has 1 aromatic heterocycles. The Balaban J connectivity index is 1.79. The van der Waals surface area contributed by atoms with Crippen molar-refractivity contribution in [3.05, 3.63) is 52.5 Å². The molecule has 0 aliphatic rings. The monoisotopic (exact) mass is 306 g/mol. The van der Waals surface area contributed by atoms with Gasteiger partial charge in [0.05, 0.1) is 10.0 Å². The molecular weight excluding hydrogens is 299 g/mol. The minimum Gasteiger partial charge on any atom is -0.457 e. The van der Waals surface area contributed by atoms with E-state index in [9.17, 15) is 0 Å². The van der Waals surface area contributed by atoms with Gasteiger partial charge in [0.15, 0.2) is 0 Å². The van der Waals surface area contributed by atoms with Crippen molar-refractivity contribution < 1.29 is 4.74 Å². The number of H-pyrrole nitrogens is 1. The number of aromatic amines is 1. The van der Waals surface area contributed by atoms with Gasteiger partial charge in [0.25, 0.3) is 0 Å². The quantitative estimate of drug-likeness (QED) is 0.795. The first-order valence-electron chi connectivity index (χ1n) is 5.69. The van der Waals surface area contributed by atoms with E-state index in [0.717, 1.165) is 5.56 Å². The predicted molar refractivity (Wildman–Crippen MR) is 76.1 cm³/mol. The Morgan fingerprint density at radius 1 is 0.900 bits per heavy atom. The van der Waals surface area contributed by atoms with E-state index in [2.05, 4.69) is 20.6 Å². The number of ether oxygens (including phenoxy) is 1. The molecule has 2 aromatic carbocycles. The number of hydrogen-bond donors (Lipinski definition) is 1. The molecule has 0 amide bonds. The second kappa shape index (κ2) is 5.48. The zero-order valence-corrected chi connectivity index (χ0v) is 11.6. The Hall–Kier alpha value is -2.11. The lowest BCUT2D eigenvalue weighted by Gasteiger charge is -2.06. The van der Waals surface area contributed by atoms with E-state index in [1.54, 1.807) is 18.2 Å². The first-order valence-corrected chi connectivity index (χ1v) is 6.45. The molecule has 0 spiro atoms. The molecule has 0 radical (unpaired) electrons. The maximum Gasteiger partial charge on any atom is 0.204 e. The molecule has 3 rings (SSSR count). The molecule has 3 aromatic rings. The summed E-state index contributed by atoms with van der Waals surface area (Å²) in [6.07, 6.45) is 0. The molecule has 0 bridgehead atoms. The van der Waals surface area contributed by atoms with Gasteiger partial charge in [-0.05, 0) is 41.6 Å². The van der Waals surface area contributed by atoms with Gasteiger partial charge in [-0.2, -0.15) is 5.21 Å². The predicted octanol–water partition coefficient (Wildman–Crippen LogP) is 3.97. The van der Waals surface area contributed by atoms with Gasteiger partial charge in [0.2, 0.25) is 5.82 Å². The molecular formula is C13H8Cl2N4O. The fourth-order valence-electron chi connectivity index (χ4n) is 1.63. The summed E-state index contributed by atoms with van der Waals surface area (Å²) in [4.78, 5) is 0. The highest BCUT2D eigenvalue weighted by Crippen LogP contribution is 2.30. The Labute approximate surface area is 124 Å². The van der Waals surface area contributed by atoms with E-state index in [-0.39, 0.29) is 0 Å². The largest absolute Gasteiger partial charge is 0.457 e. The van der Waals surface area contributed by atoms with E-state index in [1.165, 1.54) is 0 Å². The van der Waals surface area contributed by atoms with Gasteiger partial charge < -0.3 is 4.74 Å². The molecule has 1 heterocycles. The summed E-state index contributed by atoms with van der Waals surface area (Å²) in [5.41, 5.74) is 0.847. The lowest BCUT2D eigenvalue weighted by Crippen LogP contribution is -1.86. The number of hydrogen-bond acceptors (Lipinski definition) is 4. The van der Waals surface area contributed by atoms with Crippen LogP contribution in [-0.4, -0.2) is 20.6 Å². The Bertz CT molecular complexity index is 714. The number of aromatic nitrogens is 4. The standard InChI is InChI=1S/C13H8Cl2N4O/c14-11-6-5-10(7-12(11)15)20-9-3-1-8(2-4-9)13-16-18-19-17-13/h1-7H,(H,16,17,18,19). The number of tetrazole rings is 1.